The Morgan fingerprint density at radius 2 is 2.21 bits per heavy atom. The third-order valence-electron chi connectivity index (χ3n) is 5.09. The largest absolute Gasteiger partial charge is 0.439 e. The standard InChI is InChI=1S/C17H20N4O3/c1-17(15(22)19-16(23)20-17)11-5-4-8-21(9-11)10-14-18-12-6-2-3-7-13(12)24-14/h2-3,6-7,11H,4-5,8-10H2,1H3,(H2,19,20,22,23)/t11-,17+/m0/s1. The highest BCUT2D eigenvalue weighted by Crippen LogP contribution is 2.30. The van der Waals surface area contributed by atoms with Gasteiger partial charge in [0.25, 0.3) is 5.91 Å². The van der Waals surface area contributed by atoms with Crippen LogP contribution in [-0.2, 0) is 11.3 Å². The number of nitrogens with one attached hydrogen (secondary N) is 2. The van der Waals surface area contributed by atoms with Crippen LogP contribution >= 0.6 is 0 Å². The van der Waals surface area contributed by atoms with Gasteiger partial charge in [0.2, 0.25) is 5.89 Å². The maximum absolute atomic E-state index is 12.1. The summed E-state index contributed by atoms with van der Waals surface area (Å²) in [5.74, 6) is 0.519. The molecule has 0 aliphatic carbocycles. The molecule has 0 saturated carbocycles. The summed E-state index contributed by atoms with van der Waals surface area (Å²) in [5, 5.41) is 5.14. The van der Waals surface area contributed by atoms with Crippen LogP contribution in [0.5, 0.6) is 0 Å². The maximum atomic E-state index is 12.1. The molecule has 2 saturated heterocycles. The molecular formula is C17H20N4O3. The molecule has 2 atom stereocenters. The monoisotopic (exact) mass is 328 g/mol. The molecule has 4 rings (SSSR count). The molecule has 2 aromatic rings. The number of piperidine rings is 1. The van der Waals surface area contributed by atoms with Gasteiger partial charge in [-0.1, -0.05) is 12.1 Å². The number of benzene rings is 1. The Kier molecular flexibility index (Phi) is 3.53. The predicted octanol–water partition coefficient (Wildman–Crippen LogP) is 1.64. The lowest BCUT2D eigenvalue weighted by Gasteiger charge is -2.39. The van der Waals surface area contributed by atoms with E-state index in [9.17, 15) is 9.59 Å². The van der Waals surface area contributed by atoms with Gasteiger partial charge in [-0.25, -0.2) is 9.78 Å². The number of nitrogens with zero attached hydrogens (tertiary/aromatic N) is 2. The second-order valence-electron chi connectivity index (χ2n) is 6.76. The Hall–Kier alpha value is -2.41. The quantitative estimate of drug-likeness (QED) is 0.836. The smallest absolute Gasteiger partial charge is 0.322 e. The number of oxazole rings is 1. The summed E-state index contributed by atoms with van der Waals surface area (Å²) in [4.78, 5) is 30.4. The Morgan fingerprint density at radius 3 is 2.96 bits per heavy atom. The molecule has 0 radical (unpaired) electrons. The highest BCUT2D eigenvalue weighted by molar-refractivity contribution is 6.07. The molecule has 2 aliphatic heterocycles. The number of amides is 3. The zero-order valence-corrected chi connectivity index (χ0v) is 13.5. The molecule has 2 N–H and O–H groups in total. The van der Waals surface area contributed by atoms with E-state index in [1.54, 1.807) is 6.92 Å². The molecule has 3 amide bonds. The molecule has 0 unspecified atom stereocenters. The van der Waals surface area contributed by atoms with E-state index >= 15 is 0 Å². The van der Waals surface area contributed by atoms with Gasteiger partial charge in [0, 0.05) is 12.5 Å². The Morgan fingerprint density at radius 1 is 1.38 bits per heavy atom. The van der Waals surface area contributed by atoms with Crippen LogP contribution in [-0.4, -0.2) is 40.5 Å². The van der Waals surface area contributed by atoms with Crippen molar-refractivity contribution in [2.45, 2.75) is 31.8 Å². The number of rotatable bonds is 3. The second-order valence-corrected chi connectivity index (χ2v) is 6.76. The van der Waals surface area contributed by atoms with E-state index in [0.717, 1.165) is 37.0 Å². The van der Waals surface area contributed by atoms with Crippen molar-refractivity contribution in [3.8, 4) is 0 Å². The number of para-hydroxylation sites is 2. The average Bonchev–Trinajstić information content (AvgIpc) is 3.08. The van der Waals surface area contributed by atoms with Crippen molar-refractivity contribution in [3.63, 3.8) is 0 Å². The molecule has 24 heavy (non-hydrogen) atoms. The first-order valence-electron chi connectivity index (χ1n) is 8.25. The van der Waals surface area contributed by atoms with E-state index < -0.39 is 11.6 Å². The molecule has 1 aromatic carbocycles. The van der Waals surface area contributed by atoms with E-state index in [2.05, 4.69) is 20.5 Å². The molecule has 7 heteroatoms. The van der Waals surface area contributed by atoms with E-state index in [4.69, 9.17) is 4.42 Å². The van der Waals surface area contributed by atoms with Crippen molar-refractivity contribution in [3.05, 3.63) is 30.2 Å². The Balaban J connectivity index is 1.49. The molecule has 2 aliphatic rings. The third kappa shape index (κ3) is 2.54. The van der Waals surface area contributed by atoms with Gasteiger partial charge in [0.05, 0.1) is 6.54 Å². The summed E-state index contributed by atoms with van der Waals surface area (Å²) in [7, 11) is 0. The van der Waals surface area contributed by atoms with Crippen LogP contribution in [0.4, 0.5) is 4.79 Å². The lowest BCUT2D eigenvalue weighted by Crippen LogP contribution is -2.55. The number of carbonyl (C=O) groups excluding carboxylic acids is 2. The van der Waals surface area contributed by atoms with Gasteiger partial charge < -0.3 is 9.73 Å². The van der Waals surface area contributed by atoms with Gasteiger partial charge >= 0.3 is 6.03 Å². The molecule has 2 fully saturated rings. The molecule has 7 nitrogen and oxygen atoms in total. The van der Waals surface area contributed by atoms with E-state index in [1.807, 2.05) is 24.3 Å². The van der Waals surface area contributed by atoms with Crippen molar-refractivity contribution in [2.24, 2.45) is 5.92 Å². The summed E-state index contributed by atoms with van der Waals surface area (Å²) >= 11 is 0. The summed E-state index contributed by atoms with van der Waals surface area (Å²) in [6.07, 6.45) is 1.89. The van der Waals surface area contributed by atoms with Crippen molar-refractivity contribution in [1.29, 1.82) is 0 Å². The molecule has 126 valence electrons. The second kappa shape index (κ2) is 5.59. The minimum absolute atomic E-state index is 0.0714. The lowest BCUT2D eigenvalue weighted by atomic mass is 9.80. The van der Waals surface area contributed by atoms with Crippen LogP contribution in [0.25, 0.3) is 11.1 Å². The van der Waals surface area contributed by atoms with Crippen molar-refractivity contribution < 1.29 is 14.0 Å². The summed E-state index contributed by atoms with van der Waals surface area (Å²) < 4.78 is 5.79. The van der Waals surface area contributed by atoms with Gasteiger partial charge in [-0.2, -0.15) is 0 Å². The van der Waals surface area contributed by atoms with Crippen LogP contribution in [0.1, 0.15) is 25.7 Å². The number of carbonyl (C=O) groups is 2. The molecular weight excluding hydrogens is 308 g/mol. The highest BCUT2D eigenvalue weighted by atomic mass is 16.3. The van der Waals surface area contributed by atoms with Crippen LogP contribution in [0, 0.1) is 5.92 Å². The molecule has 0 bridgehead atoms. The van der Waals surface area contributed by atoms with Crippen LogP contribution in [0.2, 0.25) is 0 Å². The first-order chi connectivity index (χ1) is 11.5. The number of hydrogen-bond acceptors (Lipinski definition) is 5. The van der Waals surface area contributed by atoms with Crippen molar-refractivity contribution in [1.82, 2.24) is 20.5 Å². The third-order valence-corrected chi connectivity index (χ3v) is 5.09. The summed E-state index contributed by atoms with van der Waals surface area (Å²) in [6, 6.07) is 7.30. The number of hydrogen-bond donors (Lipinski definition) is 2. The highest BCUT2D eigenvalue weighted by Gasteiger charge is 2.48. The van der Waals surface area contributed by atoms with E-state index in [-0.39, 0.29) is 11.8 Å². The van der Waals surface area contributed by atoms with Crippen LogP contribution in [0.15, 0.2) is 28.7 Å². The molecule has 3 heterocycles. The lowest BCUT2D eigenvalue weighted by molar-refractivity contribution is -0.126. The minimum Gasteiger partial charge on any atom is -0.439 e. The van der Waals surface area contributed by atoms with Gasteiger partial charge in [0.15, 0.2) is 5.58 Å². The van der Waals surface area contributed by atoms with Crippen LogP contribution in [0.3, 0.4) is 0 Å². The fourth-order valence-electron chi connectivity index (χ4n) is 3.69. The number of fused-ring (bicyclic) bond motifs is 1. The number of aromatic nitrogens is 1. The summed E-state index contributed by atoms with van der Waals surface area (Å²) in [5.41, 5.74) is 0.808. The Bertz CT molecular complexity index is 769. The van der Waals surface area contributed by atoms with Gasteiger partial charge in [0.1, 0.15) is 11.1 Å². The normalized spacial score (nSPS) is 28.1. The molecule has 1 aromatic heterocycles. The minimum atomic E-state index is -0.836. The van der Waals surface area contributed by atoms with Crippen molar-refractivity contribution >= 4 is 23.0 Å². The number of likely N-dealkylation sites (tertiary alicyclic amines) is 1. The Labute approximate surface area is 139 Å². The zero-order chi connectivity index (χ0) is 16.7. The van der Waals surface area contributed by atoms with Gasteiger partial charge in [-0.15, -0.1) is 0 Å². The number of urea groups is 1. The molecule has 0 spiro atoms. The average molecular weight is 328 g/mol. The fourth-order valence-corrected chi connectivity index (χ4v) is 3.69. The zero-order valence-electron chi connectivity index (χ0n) is 13.5. The maximum Gasteiger partial charge on any atom is 0.322 e. The van der Waals surface area contributed by atoms with E-state index in [0.29, 0.717) is 12.4 Å². The van der Waals surface area contributed by atoms with Crippen molar-refractivity contribution in [2.75, 3.05) is 13.1 Å². The summed E-state index contributed by atoms with van der Waals surface area (Å²) in [6.45, 7) is 4.07. The SMILES string of the molecule is C[C@]1([C@H]2CCCN(Cc3nc4ccccc4o3)C2)NC(=O)NC1=O. The first-order valence-corrected chi connectivity index (χ1v) is 8.25. The van der Waals surface area contributed by atoms with E-state index in [1.165, 1.54) is 0 Å². The van der Waals surface area contributed by atoms with Crippen LogP contribution < -0.4 is 10.6 Å². The predicted molar refractivity (Wildman–Crippen MR) is 87.1 cm³/mol. The number of imide groups is 1. The van der Waals surface area contributed by atoms with Gasteiger partial charge in [-0.3, -0.25) is 15.0 Å². The van der Waals surface area contributed by atoms with Gasteiger partial charge in [-0.05, 0) is 38.4 Å². The fraction of sp³-hybridized carbons (Fsp3) is 0.471. The topological polar surface area (TPSA) is 87.5 Å². The first kappa shape index (κ1) is 15.1.